The summed E-state index contributed by atoms with van der Waals surface area (Å²) < 4.78 is 0. The lowest BCUT2D eigenvalue weighted by Crippen LogP contribution is -1.92. The minimum absolute atomic E-state index is 0.0575. The van der Waals surface area contributed by atoms with Crippen LogP contribution in [0.4, 0.5) is 0 Å². The molecule has 0 aromatic carbocycles. The monoisotopic (exact) mass is 237 g/mol. The average molecular weight is 238 g/mol. The Morgan fingerprint density at radius 1 is 1.27 bits per heavy atom. The molecule has 0 spiro atoms. The highest BCUT2D eigenvalue weighted by atomic mass is 35.5. The van der Waals surface area contributed by atoms with Crippen molar-refractivity contribution < 1.29 is 0 Å². The van der Waals surface area contributed by atoms with Crippen molar-refractivity contribution in [3.8, 4) is 0 Å². The molecule has 0 aliphatic carbocycles. The number of hydrogen-bond donors (Lipinski definition) is 0. The van der Waals surface area contributed by atoms with E-state index < -0.39 is 0 Å². The molecule has 2 heterocycles. The number of pyridine rings is 1. The van der Waals surface area contributed by atoms with Crippen LogP contribution in [0.15, 0.2) is 30.6 Å². The number of thiophene rings is 1. The summed E-state index contributed by atoms with van der Waals surface area (Å²) in [6.07, 6.45) is 3.55. The van der Waals surface area contributed by atoms with Gasteiger partial charge in [-0.05, 0) is 43.2 Å². The van der Waals surface area contributed by atoms with Gasteiger partial charge in [-0.3, -0.25) is 4.98 Å². The average Bonchev–Trinajstić information content (AvgIpc) is 2.58. The first kappa shape index (κ1) is 10.7. The second-order valence-electron chi connectivity index (χ2n) is 3.51. The van der Waals surface area contributed by atoms with Crippen molar-refractivity contribution >= 4 is 22.9 Å². The van der Waals surface area contributed by atoms with Gasteiger partial charge in [0.2, 0.25) is 0 Å². The molecule has 78 valence electrons. The first-order valence-corrected chi connectivity index (χ1v) is 6.04. The van der Waals surface area contributed by atoms with Crippen molar-refractivity contribution in [2.24, 2.45) is 0 Å². The van der Waals surface area contributed by atoms with Crippen molar-refractivity contribution in [2.45, 2.75) is 19.2 Å². The van der Waals surface area contributed by atoms with Gasteiger partial charge in [0.05, 0.1) is 5.38 Å². The van der Waals surface area contributed by atoms with Crippen LogP contribution in [0.3, 0.4) is 0 Å². The Balaban J connectivity index is 2.36. The number of nitrogens with zero attached hydrogens (tertiary/aromatic N) is 1. The summed E-state index contributed by atoms with van der Waals surface area (Å²) in [4.78, 5) is 6.60. The number of hydrogen-bond acceptors (Lipinski definition) is 2. The van der Waals surface area contributed by atoms with Crippen LogP contribution in [0.1, 0.15) is 26.3 Å². The number of rotatable bonds is 2. The number of alkyl halides is 1. The van der Waals surface area contributed by atoms with Gasteiger partial charge in [-0.15, -0.1) is 22.9 Å². The van der Waals surface area contributed by atoms with E-state index in [0.29, 0.717) is 0 Å². The molecule has 0 saturated heterocycles. The summed E-state index contributed by atoms with van der Waals surface area (Å²) in [7, 11) is 0. The fourth-order valence-corrected chi connectivity index (χ4v) is 3.01. The predicted octanol–water partition coefficient (Wildman–Crippen LogP) is 4.09. The van der Waals surface area contributed by atoms with Crippen molar-refractivity contribution in [3.05, 3.63) is 51.5 Å². The Morgan fingerprint density at radius 2 is 1.93 bits per heavy atom. The van der Waals surface area contributed by atoms with Crippen molar-refractivity contribution in [1.29, 1.82) is 0 Å². The molecule has 2 aromatic heterocycles. The van der Waals surface area contributed by atoms with Gasteiger partial charge in [0.25, 0.3) is 0 Å². The summed E-state index contributed by atoms with van der Waals surface area (Å²) in [5.74, 6) is 0. The van der Waals surface area contributed by atoms with Crippen molar-refractivity contribution in [3.63, 3.8) is 0 Å². The predicted molar refractivity (Wildman–Crippen MR) is 65.7 cm³/mol. The zero-order chi connectivity index (χ0) is 10.8. The molecule has 0 aliphatic rings. The highest BCUT2D eigenvalue weighted by molar-refractivity contribution is 7.12. The maximum atomic E-state index is 6.43. The summed E-state index contributed by atoms with van der Waals surface area (Å²) >= 11 is 8.22. The molecule has 2 rings (SSSR count). The topological polar surface area (TPSA) is 12.9 Å². The Labute approximate surface area is 98.7 Å². The van der Waals surface area contributed by atoms with Gasteiger partial charge in [-0.25, -0.2) is 0 Å². The molecule has 0 N–H and O–H groups in total. The zero-order valence-electron chi connectivity index (χ0n) is 8.70. The summed E-state index contributed by atoms with van der Waals surface area (Å²) in [5.41, 5.74) is 2.32. The molecule has 0 radical (unpaired) electrons. The van der Waals surface area contributed by atoms with Crippen LogP contribution >= 0.6 is 22.9 Å². The Bertz CT molecular complexity index is 450. The van der Waals surface area contributed by atoms with E-state index in [1.165, 1.54) is 15.3 Å². The van der Waals surface area contributed by atoms with Crippen LogP contribution in [-0.4, -0.2) is 4.98 Å². The molecule has 1 unspecified atom stereocenters. The standard InChI is InChI=1S/C12H12ClNS/c1-8-7-11(9(2)15-8)12(13)10-3-5-14-6-4-10/h3-7,12H,1-2H3. The van der Waals surface area contributed by atoms with Crippen molar-refractivity contribution in [2.75, 3.05) is 0 Å². The summed E-state index contributed by atoms with van der Waals surface area (Å²) in [6, 6.07) is 6.09. The fraction of sp³-hybridized carbons (Fsp3) is 0.250. The van der Waals surface area contributed by atoms with Gasteiger partial charge in [0.1, 0.15) is 0 Å². The lowest BCUT2D eigenvalue weighted by atomic mass is 10.1. The molecule has 1 nitrogen and oxygen atoms in total. The van der Waals surface area contributed by atoms with Crippen LogP contribution in [-0.2, 0) is 0 Å². The van der Waals surface area contributed by atoms with E-state index in [2.05, 4.69) is 24.9 Å². The first-order chi connectivity index (χ1) is 7.18. The number of halogens is 1. The van der Waals surface area contributed by atoms with E-state index in [4.69, 9.17) is 11.6 Å². The van der Waals surface area contributed by atoms with Crippen LogP contribution in [0.2, 0.25) is 0 Å². The SMILES string of the molecule is Cc1cc(C(Cl)c2ccncc2)c(C)s1. The molecule has 0 amide bonds. The molecule has 1 atom stereocenters. The molecule has 0 fully saturated rings. The van der Waals surface area contributed by atoms with E-state index >= 15 is 0 Å². The highest BCUT2D eigenvalue weighted by Crippen LogP contribution is 2.34. The quantitative estimate of drug-likeness (QED) is 0.717. The maximum Gasteiger partial charge on any atom is 0.0847 e. The van der Waals surface area contributed by atoms with Gasteiger partial charge in [0.15, 0.2) is 0 Å². The van der Waals surface area contributed by atoms with Crippen LogP contribution in [0.25, 0.3) is 0 Å². The largest absolute Gasteiger partial charge is 0.265 e. The Kier molecular flexibility index (Phi) is 3.08. The van der Waals surface area contributed by atoms with Crippen LogP contribution < -0.4 is 0 Å². The van der Waals surface area contributed by atoms with Crippen molar-refractivity contribution in [1.82, 2.24) is 4.98 Å². The third kappa shape index (κ3) is 2.21. The van der Waals surface area contributed by atoms with E-state index in [1.54, 1.807) is 23.7 Å². The number of aromatic nitrogens is 1. The van der Waals surface area contributed by atoms with Gasteiger partial charge in [0, 0.05) is 22.1 Å². The molecule has 15 heavy (non-hydrogen) atoms. The minimum Gasteiger partial charge on any atom is -0.265 e. The maximum absolute atomic E-state index is 6.43. The number of aryl methyl sites for hydroxylation is 2. The van der Waals surface area contributed by atoms with E-state index in [1.807, 2.05) is 12.1 Å². The molecular formula is C12H12ClNS. The lowest BCUT2D eigenvalue weighted by Gasteiger charge is -2.08. The molecule has 0 bridgehead atoms. The van der Waals surface area contributed by atoms with Gasteiger partial charge in [-0.1, -0.05) is 0 Å². The first-order valence-electron chi connectivity index (χ1n) is 4.79. The minimum atomic E-state index is -0.0575. The third-order valence-corrected chi connectivity index (χ3v) is 3.82. The van der Waals surface area contributed by atoms with Crippen LogP contribution in [0, 0.1) is 13.8 Å². The van der Waals surface area contributed by atoms with Gasteiger partial charge >= 0.3 is 0 Å². The fourth-order valence-electron chi connectivity index (χ4n) is 1.61. The van der Waals surface area contributed by atoms with Crippen LogP contribution in [0.5, 0.6) is 0 Å². The zero-order valence-corrected chi connectivity index (χ0v) is 10.3. The normalized spacial score (nSPS) is 12.7. The second kappa shape index (κ2) is 4.33. The lowest BCUT2D eigenvalue weighted by molar-refractivity contribution is 1.11. The van der Waals surface area contributed by atoms with E-state index in [-0.39, 0.29) is 5.38 Å². The molecule has 3 heteroatoms. The molecular weight excluding hydrogens is 226 g/mol. The molecule has 0 saturated carbocycles. The molecule has 2 aromatic rings. The smallest absolute Gasteiger partial charge is 0.0847 e. The highest BCUT2D eigenvalue weighted by Gasteiger charge is 2.14. The summed E-state index contributed by atoms with van der Waals surface area (Å²) in [5, 5.41) is -0.0575. The van der Waals surface area contributed by atoms with Gasteiger partial charge < -0.3 is 0 Å². The summed E-state index contributed by atoms with van der Waals surface area (Å²) in [6.45, 7) is 4.22. The van der Waals surface area contributed by atoms with Gasteiger partial charge in [-0.2, -0.15) is 0 Å². The van der Waals surface area contributed by atoms with E-state index in [0.717, 1.165) is 5.56 Å². The Hall–Kier alpha value is -0.860. The Morgan fingerprint density at radius 3 is 2.47 bits per heavy atom. The second-order valence-corrected chi connectivity index (χ2v) is 5.41. The third-order valence-electron chi connectivity index (χ3n) is 2.35. The molecule has 0 aliphatic heterocycles. The van der Waals surface area contributed by atoms with E-state index in [9.17, 15) is 0 Å².